The van der Waals surface area contributed by atoms with E-state index >= 15 is 9.13 Å². The highest BCUT2D eigenvalue weighted by molar-refractivity contribution is 7.74. The van der Waals surface area contributed by atoms with Crippen molar-refractivity contribution in [1.82, 2.24) is 0 Å². The van der Waals surface area contributed by atoms with Crippen LogP contribution in [0.25, 0.3) is 0 Å². The Balaban J connectivity index is 5.61. The lowest BCUT2D eigenvalue weighted by Gasteiger charge is -2.56. The van der Waals surface area contributed by atoms with Crippen LogP contribution in [0.5, 0.6) is 0 Å². The van der Waals surface area contributed by atoms with Gasteiger partial charge in [-0.1, -0.05) is 285 Å². The predicted molar refractivity (Wildman–Crippen MR) is 279 cm³/mol. The van der Waals surface area contributed by atoms with E-state index in [0.29, 0.717) is 12.8 Å². The highest BCUT2D eigenvalue weighted by Crippen LogP contribution is 2.77. The Morgan fingerprint density at radius 2 is 0.475 bits per heavy atom. The minimum Gasteiger partial charge on any atom is -0.324 e. The second-order valence-electron chi connectivity index (χ2n) is 23.2. The van der Waals surface area contributed by atoms with Gasteiger partial charge in [-0.3, -0.25) is 9.13 Å². The lowest BCUT2D eigenvalue weighted by Crippen LogP contribution is -2.67. The maximum atomic E-state index is 15.3. The summed E-state index contributed by atoms with van der Waals surface area (Å²) < 4.78 is 35.2. The van der Waals surface area contributed by atoms with Crippen molar-refractivity contribution >= 4 is 47.5 Å². The molecule has 0 saturated carbocycles. The lowest BCUT2D eigenvalue weighted by atomic mass is 10.0. The third-order valence-corrected chi connectivity index (χ3v) is 49.9. The van der Waals surface area contributed by atoms with Crippen molar-refractivity contribution in [2.75, 3.05) is 0 Å². The first-order valence-electron chi connectivity index (χ1n) is 25.7. The summed E-state index contributed by atoms with van der Waals surface area (Å²) in [5.41, 5.74) is 0. The summed E-state index contributed by atoms with van der Waals surface area (Å²) in [6, 6.07) is 0. The molecule has 0 amide bonds. The van der Waals surface area contributed by atoms with E-state index in [0.717, 1.165) is 38.5 Å². The van der Waals surface area contributed by atoms with Crippen LogP contribution in [0.1, 0.15) is 219 Å². The molecule has 0 aromatic heterocycles. The number of rotatable bonds is 40. The molecular weight excluding hydrogens is 831 g/mol. The van der Waals surface area contributed by atoms with E-state index in [1.807, 2.05) is 0 Å². The van der Waals surface area contributed by atoms with Gasteiger partial charge in [0.25, 0.3) is 0 Å². The molecule has 2 unspecified atom stereocenters. The highest BCUT2D eigenvalue weighted by Gasteiger charge is 2.70. The number of hydrogen-bond acceptors (Lipinski definition) is 3. The molecule has 11 heteroatoms. The SMILES string of the molecule is CCCCCCCCCCCCCCCCCC([Si](C)(C)C)([Si](C)(C)C)P(=O)(O)OP(=O)(O)C(CCCCCCCCCCCCCCCCC)([Si](C)(C)C)[Si](C)(C)C. The molecule has 59 heavy (non-hydrogen) atoms. The largest absolute Gasteiger partial charge is 0.335 e. The fourth-order valence-corrected chi connectivity index (χ4v) is 51.5. The fraction of sp³-hybridized carbons (Fsp3) is 1.00. The second-order valence-corrected chi connectivity index (χ2v) is 51.6. The molecule has 356 valence electrons. The van der Waals surface area contributed by atoms with Gasteiger partial charge in [-0.15, -0.1) is 0 Å². The average Bonchev–Trinajstić information content (AvgIpc) is 3.08. The molecule has 0 spiro atoms. The molecule has 0 saturated heterocycles. The van der Waals surface area contributed by atoms with Crippen LogP contribution in [0.4, 0.5) is 0 Å². The molecule has 5 nitrogen and oxygen atoms in total. The molecule has 0 heterocycles. The minimum atomic E-state index is -4.54. The average molecular weight is 940 g/mol. The van der Waals surface area contributed by atoms with Crippen LogP contribution in [0.15, 0.2) is 0 Å². The van der Waals surface area contributed by atoms with E-state index in [2.05, 4.69) is 92.4 Å². The summed E-state index contributed by atoms with van der Waals surface area (Å²) in [5.74, 6) is 0. The van der Waals surface area contributed by atoms with Crippen LogP contribution in [-0.4, -0.2) is 50.9 Å². The van der Waals surface area contributed by atoms with Gasteiger partial charge in [-0.2, -0.15) is 0 Å². The van der Waals surface area contributed by atoms with Crippen molar-refractivity contribution in [2.45, 2.75) is 307 Å². The molecule has 0 radical (unpaired) electrons. The Morgan fingerprint density at radius 1 is 0.322 bits per heavy atom. The van der Waals surface area contributed by atoms with Crippen LogP contribution in [0.3, 0.4) is 0 Å². The van der Waals surface area contributed by atoms with Crippen molar-refractivity contribution in [2.24, 2.45) is 0 Å². The van der Waals surface area contributed by atoms with E-state index in [9.17, 15) is 9.79 Å². The van der Waals surface area contributed by atoms with Gasteiger partial charge < -0.3 is 9.79 Å². The summed E-state index contributed by atoms with van der Waals surface area (Å²) in [6.07, 6.45) is 39.7. The van der Waals surface area contributed by atoms with Gasteiger partial charge in [0, 0.05) is 0 Å². The quantitative estimate of drug-likeness (QED) is 0.0363. The smallest absolute Gasteiger partial charge is 0.324 e. The summed E-state index contributed by atoms with van der Waals surface area (Å²) in [6.45, 7) is 31.1. The molecular formula is C48H108O5P2Si4. The van der Waals surface area contributed by atoms with Gasteiger partial charge in [0.15, 0.2) is 0 Å². The highest BCUT2D eigenvalue weighted by atomic mass is 31.3. The van der Waals surface area contributed by atoms with E-state index in [1.54, 1.807) is 0 Å². The Morgan fingerprint density at radius 3 is 0.627 bits per heavy atom. The maximum Gasteiger partial charge on any atom is 0.335 e. The van der Waals surface area contributed by atoms with Crippen molar-refractivity contribution in [3.05, 3.63) is 0 Å². The lowest BCUT2D eigenvalue weighted by molar-refractivity contribution is 0.312. The van der Waals surface area contributed by atoms with Gasteiger partial charge in [0.2, 0.25) is 0 Å². The fourth-order valence-electron chi connectivity index (χ4n) is 11.5. The zero-order valence-corrected chi connectivity index (χ0v) is 48.4. The molecule has 0 rings (SSSR count). The van der Waals surface area contributed by atoms with Gasteiger partial charge in [-0.05, 0) is 12.8 Å². The first-order chi connectivity index (χ1) is 27.3. The first kappa shape index (κ1) is 60.2. The molecule has 0 aliphatic carbocycles. The van der Waals surface area contributed by atoms with Crippen LogP contribution in [0, 0.1) is 0 Å². The van der Waals surface area contributed by atoms with Crippen molar-refractivity contribution in [1.29, 1.82) is 0 Å². The maximum absolute atomic E-state index is 15.3. The molecule has 0 aliphatic heterocycles. The van der Waals surface area contributed by atoms with Gasteiger partial charge >= 0.3 is 15.2 Å². The Bertz CT molecular complexity index is 1040. The number of unbranched alkanes of at least 4 members (excludes halogenated alkanes) is 28. The predicted octanol–water partition coefficient (Wildman–Crippen LogP) is 18.9. The van der Waals surface area contributed by atoms with E-state index in [4.69, 9.17) is 4.31 Å². The van der Waals surface area contributed by atoms with Crippen LogP contribution in [-0.2, 0) is 13.4 Å². The van der Waals surface area contributed by atoms with Crippen LogP contribution in [0.2, 0.25) is 78.6 Å². The molecule has 2 N–H and O–H groups in total. The molecule has 0 aliphatic rings. The summed E-state index contributed by atoms with van der Waals surface area (Å²) in [4.78, 5) is 25.1. The third kappa shape index (κ3) is 20.5. The second kappa shape index (κ2) is 29.7. The zero-order chi connectivity index (χ0) is 45.3. The normalized spacial score (nSPS) is 15.7. The Hall–Kier alpha value is 1.21. The van der Waals surface area contributed by atoms with Crippen LogP contribution >= 0.6 is 15.2 Å². The zero-order valence-electron chi connectivity index (χ0n) is 42.6. The molecule has 0 fully saturated rings. The minimum absolute atomic E-state index is 0.621. The van der Waals surface area contributed by atoms with E-state index in [1.165, 1.54) is 154 Å². The summed E-state index contributed by atoms with van der Waals surface area (Å²) in [5, 5.41) is 0. The summed E-state index contributed by atoms with van der Waals surface area (Å²) >= 11 is 0. The third-order valence-electron chi connectivity index (χ3n) is 14.4. The standard InChI is InChI=1S/C48H108O5P2Si4/c1-15-17-19-21-23-25-27-29-31-33-35-37-39-41-43-45-47(56(3,4)5,57(6,7)8)54(49,50)53-55(51,52)48(58(9,10)11,59(12,13)14)46-44-42-40-38-36-34-32-30-28-26-24-22-20-18-16-2/h15-46H2,1-14H3,(H,49,50)(H,51,52). The molecule has 0 bridgehead atoms. The topological polar surface area (TPSA) is 83.8 Å². The van der Waals surface area contributed by atoms with Gasteiger partial charge in [0.1, 0.15) is 0 Å². The number of hydrogen-bond donors (Lipinski definition) is 2. The van der Waals surface area contributed by atoms with Crippen LogP contribution < -0.4 is 0 Å². The monoisotopic (exact) mass is 939 g/mol. The van der Waals surface area contributed by atoms with Gasteiger partial charge in [-0.25, -0.2) is 4.31 Å². The molecule has 0 aromatic rings. The van der Waals surface area contributed by atoms with Gasteiger partial charge in [0.05, 0.1) is 41.1 Å². The van der Waals surface area contributed by atoms with E-state index < -0.39 is 56.3 Å². The van der Waals surface area contributed by atoms with Crippen molar-refractivity contribution < 1.29 is 23.2 Å². The van der Waals surface area contributed by atoms with Crippen molar-refractivity contribution in [3.8, 4) is 0 Å². The van der Waals surface area contributed by atoms with Crippen molar-refractivity contribution in [3.63, 3.8) is 0 Å². The summed E-state index contributed by atoms with van der Waals surface area (Å²) in [7, 11) is -18.7. The first-order valence-corrected chi connectivity index (χ1v) is 42.9. The Kier molecular flexibility index (Phi) is 30.3. The molecule has 0 aromatic carbocycles. The van der Waals surface area contributed by atoms with E-state index in [-0.39, 0.29) is 0 Å². The molecule has 2 atom stereocenters. The Labute approximate surface area is 375 Å².